The molecule has 2 heterocycles. The maximum absolute atomic E-state index is 11.8. The van der Waals surface area contributed by atoms with Crippen LogP contribution in [0.4, 0.5) is 0 Å². The van der Waals surface area contributed by atoms with Crippen LogP contribution < -0.4 is 4.74 Å². The summed E-state index contributed by atoms with van der Waals surface area (Å²) < 4.78 is 5.68. The normalized spacial score (nSPS) is 18.9. The molecule has 0 spiro atoms. The Morgan fingerprint density at radius 2 is 2.50 bits per heavy atom. The molecule has 0 aliphatic carbocycles. The first-order valence-corrected chi connectivity index (χ1v) is 7.20. The number of carbonyl (C=O) groups is 1. The highest BCUT2D eigenvalue weighted by Crippen LogP contribution is 2.16. The summed E-state index contributed by atoms with van der Waals surface area (Å²) in [6, 6.07) is 3.57. The molecule has 0 radical (unpaired) electrons. The number of ether oxygens (including phenoxy) is 1. The monoisotopic (exact) mass is 313 g/mol. The van der Waals surface area contributed by atoms with Gasteiger partial charge in [0.15, 0.2) is 0 Å². The Bertz CT molecular complexity index is 388. The average Bonchev–Trinajstić information content (AvgIpc) is 2.86. The Labute approximate surface area is 115 Å². The van der Waals surface area contributed by atoms with Gasteiger partial charge in [-0.1, -0.05) is 15.9 Å². The van der Waals surface area contributed by atoms with E-state index in [9.17, 15) is 4.79 Å². The zero-order valence-corrected chi connectivity index (χ0v) is 11.7. The fraction of sp³-hybridized carbons (Fsp3) is 0.583. The van der Waals surface area contributed by atoms with Gasteiger partial charge in [0, 0.05) is 37.0 Å². The highest BCUT2D eigenvalue weighted by atomic mass is 79.9. The molecular formula is C12H16BrN3O2. The van der Waals surface area contributed by atoms with Gasteiger partial charge in [0.1, 0.15) is 6.10 Å². The first-order valence-electron chi connectivity index (χ1n) is 6.07. The highest BCUT2D eigenvalue weighted by Gasteiger charge is 2.27. The Kier molecular flexibility index (Phi) is 4.92. The van der Waals surface area contributed by atoms with Crippen molar-refractivity contribution in [1.82, 2.24) is 15.1 Å². The minimum absolute atomic E-state index is 0.0367. The fourth-order valence-corrected chi connectivity index (χ4v) is 2.23. The van der Waals surface area contributed by atoms with Crippen LogP contribution in [-0.2, 0) is 4.79 Å². The molecule has 1 unspecified atom stereocenters. The lowest BCUT2D eigenvalue weighted by molar-refractivity contribution is -0.130. The number of carbonyl (C=O) groups excluding carboxylic acids is 1. The predicted molar refractivity (Wildman–Crippen MR) is 70.7 cm³/mol. The molecule has 1 atom stereocenters. The minimum atomic E-state index is 0.0367. The second-order valence-corrected chi connectivity index (χ2v) is 5.02. The molecule has 0 aromatic carbocycles. The van der Waals surface area contributed by atoms with Crippen molar-refractivity contribution < 1.29 is 9.53 Å². The van der Waals surface area contributed by atoms with Crippen LogP contribution in [0.2, 0.25) is 0 Å². The van der Waals surface area contributed by atoms with Gasteiger partial charge >= 0.3 is 0 Å². The number of hydrogen-bond acceptors (Lipinski definition) is 4. The topological polar surface area (TPSA) is 55.3 Å². The quantitative estimate of drug-likeness (QED) is 0.775. The molecule has 0 bridgehead atoms. The van der Waals surface area contributed by atoms with Gasteiger partial charge in [-0.2, -0.15) is 5.10 Å². The van der Waals surface area contributed by atoms with E-state index < -0.39 is 0 Å². The molecule has 0 saturated carbocycles. The van der Waals surface area contributed by atoms with Crippen LogP contribution in [0.15, 0.2) is 18.3 Å². The van der Waals surface area contributed by atoms with Crippen molar-refractivity contribution in [1.29, 1.82) is 0 Å². The molecule has 1 aliphatic rings. The van der Waals surface area contributed by atoms with E-state index >= 15 is 0 Å². The maximum atomic E-state index is 11.8. The lowest BCUT2D eigenvalue weighted by atomic mass is 10.3. The molecule has 98 valence electrons. The second-order valence-electron chi connectivity index (χ2n) is 4.22. The summed E-state index contributed by atoms with van der Waals surface area (Å²) in [6.45, 7) is 1.42. The van der Waals surface area contributed by atoms with Gasteiger partial charge < -0.3 is 9.64 Å². The number of aromatic nitrogens is 2. The Balaban J connectivity index is 1.80. The standard InChI is InChI=1S/C12H16BrN3O2/c13-6-1-4-12(17)16-8-5-10(9-16)18-11-3-2-7-14-15-11/h2-3,7,10H,1,4-6,8-9H2. The molecule has 1 amide bonds. The van der Waals surface area contributed by atoms with Crippen molar-refractivity contribution >= 4 is 21.8 Å². The Morgan fingerprint density at radius 3 is 3.22 bits per heavy atom. The predicted octanol–water partition coefficient (Wildman–Crippen LogP) is 1.63. The molecule has 18 heavy (non-hydrogen) atoms. The molecule has 0 N–H and O–H groups in total. The van der Waals surface area contributed by atoms with Crippen LogP contribution in [0.1, 0.15) is 19.3 Å². The molecule has 1 aromatic heterocycles. The summed E-state index contributed by atoms with van der Waals surface area (Å²) >= 11 is 3.33. The van der Waals surface area contributed by atoms with Crippen molar-refractivity contribution in [2.75, 3.05) is 18.4 Å². The van der Waals surface area contributed by atoms with Crippen LogP contribution >= 0.6 is 15.9 Å². The van der Waals surface area contributed by atoms with Crippen LogP contribution in [0, 0.1) is 0 Å². The van der Waals surface area contributed by atoms with E-state index in [2.05, 4.69) is 26.1 Å². The molecule has 1 saturated heterocycles. The lowest BCUT2D eigenvalue weighted by Gasteiger charge is -2.16. The van der Waals surface area contributed by atoms with E-state index in [4.69, 9.17) is 4.74 Å². The van der Waals surface area contributed by atoms with Gasteiger partial charge in [0.25, 0.3) is 0 Å². The maximum Gasteiger partial charge on any atom is 0.233 e. The molecule has 1 aliphatic heterocycles. The smallest absolute Gasteiger partial charge is 0.233 e. The van der Waals surface area contributed by atoms with E-state index in [0.29, 0.717) is 18.8 Å². The Hall–Kier alpha value is -1.17. The number of alkyl halides is 1. The van der Waals surface area contributed by atoms with Crippen LogP contribution in [0.5, 0.6) is 5.88 Å². The molecule has 1 aromatic rings. The number of halogens is 1. The highest BCUT2D eigenvalue weighted by molar-refractivity contribution is 9.09. The van der Waals surface area contributed by atoms with Crippen molar-refractivity contribution in [3.63, 3.8) is 0 Å². The molecular weight excluding hydrogens is 298 g/mol. The summed E-state index contributed by atoms with van der Waals surface area (Å²) in [6.07, 6.45) is 3.98. The van der Waals surface area contributed by atoms with Crippen LogP contribution in [0.3, 0.4) is 0 Å². The van der Waals surface area contributed by atoms with E-state index in [1.807, 2.05) is 4.90 Å². The zero-order valence-electron chi connectivity index (χ0n) is 10.1. The summed E-state index contributed by atoms with van der Waals surface area (Å²) in [4.78, 5) is 13.7. The van der Waals surface area contributed by atoms with Crippen LogP contribution in [0.25, 0.3) is 0 Å². The van der Waals surface area contributed by atoms with Gasteiger partial charge in [-0.05, 0) is 12.5 Å². The van der Waals surface area contributed by atoms with Crippen molar-refractivity contribution in [2.45, 2.75) is 25.4 Å². The molecule has 1 fully saturated rings. The first-order chi connectivity index (χ1) is 8.79. The van der Waals surface area contributed by atoms with Crippen molar-refractivity contribution in [2.24, 2.45) is 0 Å². The number of amides is 1. The summed E-state index contributed by atoms with van der Waals surface area (Å²) in [5, 5.41) is 8.51. The SMILES string of the molecule is O=C(CCCBr)N1CCC(Oc2cccnn2)C1. The van der Waals surface area contributed by atoms with Gasteiger partial charge in [-0.15, -0.1) is 5.10 Å². The van der Waals surface area contributed by atoms with Gasteiger partial charge in [-0.3, -0.25) is 4.79 Å². The third-order valence-corrected chi connectivity index (χ3v) is 3.42. The third-order valence-electron chi connectivity index (χ3n) is 2.86. The van der Waals surface area contributed by atoms with Crippen molar-refractivity contribution in [3.8, 4) is 5.88 Å². The summed E-state index contributed by atoms with van der Waals surface area (Å²) in [5.41, 5.74) is 0. The zero-order chi connectivity index (χ0) is 12.8. The van der Waals surface area contributed by atoms with E-state index in [1.165, 1.54) is 0 Å². The molecule has 5 nitrogen and oxygen atoms in total. The summed E-state index contributed by atoms with van der Waals surface area (Å²) in [7, 11) is 0. The molecule has 2 rings (SSSR count). The second kappa shape index (κ2) is 6.68. The number of nitrogens with zero attached hydrogens (tertiary/aromatic N) is 3. The Morgan fingerprint density at radius 1 is 1.61 bits per heavy atom. The van der Waals surface area contributed by atoms with Gasteiger partial charge in [0.05, 0.1) is 6.54 Å². The number of hydrogen-bond donors (Lipinski definition) is 0. The van der Waals surface area contributed by atoms with Gasteiger partial charge in [-0.25, -0.2) is 0 Å². The van der Waals surface area contributed by atoms with E-state index in [1.54, 1.807) is 18.3 Å². The average molecular weight is 314 g/mol. The van der Waals surface area contributed by atoms with E-state index in [0.717, 1.165) is 24.7 Å². The third kappa shape index (κ3) is 3.66. The summed E-state index contributed by atoms with van der Waals surface area (Å²) in [5.74, 6) is 0.733. The number of rotatable bonds is 5. The van der Waals surface area contributed by atoms with E-state index in [-0.39, 0.29) is 12.0 Å². The molecule has 6 heteroatoms. The van der Waals surface area contributed by atoms with Crippen molar-refractivity contribution in [3.05, 3.63) is 18.3 Å². The largest absolute Gasteiger partial charge is 0.471 e. The first kappa shape index (κ1) is 13.3. The fourth-order valence-electron chi connectivity index (χ4n) is 1.95. The van der Waals surface area contributed by atoms with Gasteiger partial charge in [0.2, 0.25) is 11.8 Å². The lowest BCUT2D eigenvalue weighted by Crippen LogP contribution is -2.30. The number of likely N-dealkylation sites (tertiary alicyclic amines) is 1. The van der Waals surface area contributed by atoms with Crippen LogP contribution in [-0.4, -0.2) is 45.5 Å². The minimum Gasteiger partial charge on any atom is -0.471 e.